The number of likely N-dealkylation sites (tertiary alicyclic amines) is 1. The molecule has 11 heteroatoms. The number of benzene rings is 2. The van der Waals surface area contributed by atoms with Crippen LogP contribution < -0.4 is 20.3 Å². The molecule has 9 nitrogen and oxygen atoms in total. The summed E-state index contributed by atoms with van der Waals surface area (Å²) in [6, 6.07) is 15.5. The van der Waals surface area contributed by atoms with Crippen LogP contribution in [0.25, 0.3) is 10.2 Å². The second-order valence-electron chi connectivity index (χ2n) is 9.41. The lowest BCUT2D eigenvalue weighted by Gasteiger charge is -2.32. The highest BCUT2D eigenvalue weighted by atomic mass is 35.5. The van der Waals surface area contributed by atoms with Gasteiger partial charge in [0, 0.05) is 25.3 Å². The van der Waals surface area contributed by atoms with Crippen LogP contribution in [0.5, 0.6) is 11.5 Å². The fourth-order valence-electron chi connectivity index (χ4n) is 5.00. The summed E-state index contributed by atoms with van der Waals surface area (Å²) in [5.74, 6) is 0.628. The second kappa shape index (κ2) is 10.6. The molecular weight excluding hydrogens is 550 g/mol. The number of anilines is 3. The number of hydrogen-bond acceptors (Lipinski definition) is 6. The van der Waals surface area contributed by atoms with E-state index in [1.807, 2.05) is 30.3 Å². The van der Waals surface area contributed by atoms with Crippen molar-refractivity contribution in [2.75, 3.05) is 23.3 Å². The number of amides is 4. The lowest BCUT2D eigenvalue weighted by molar-refractivity contribution is -0.127. The van der Waals surface area contributed by atoms with Crippen molar-refractivity contribution in [1.29, 1.82) is 0 Å². The van der Waals surface area contributed by atoms with E-state index in [0.717, 1.165) is 12.8 Å². The summed E-state index contributed by atoms with van der Waals surface area (Å²) in [5, 5.41) is 6.94. The topological polar surface area (TPSA) is 104 Å². The first-order valence-corrected chi connectivity index (χ1v) is 13.9. The number of aromatic nitrogens is 1. The molecule has 1 saturated heterocycles. The fourth-order valence-corrected chi connectivity index (χ4v) is 6.24. The lowest BCUT2D eigenvalue weighted by Crippen LogP contribution is -2.49. The van der Waals surface area contributed by atoms with Gasteiger partial charge in [-0.1, -0.05) is 36.4 Å². The maximum absolute atomic E-state index is 13.4. The monoisotopic (exact) mass is 573 g/mol. The first kappa shape index (κ1) is 25.8. The highest BCUT2D eigenvalue weighted by Crippen LogP contribution is 2.46. The SMILES string of the molecule is C=CC(=O)N1CCCC(NC(=O)c2sc3nccc4c3c2NC(=O)N4c2ccc(Oc3ccccc3)c(Cl)c2)C1. The molecule has 0 aliphatic carbocycles. The molecule has 4 amide bonds. The van der Waals surface area contributed by atoms with Crippen molar-refractivity contribution < 1.29 is 19.1 Å². The number of carbonyl (C=O) groups excluding carboxylic acids is 3. The molecule has 0 radical (unpaired) electrons. The van der Waals surface area contributed by atoms with Gasteiger partial charge in [0.25, 0.3) is 5.91 Å². The number of thiophene rings is 1. The van der Waals surface area contributed by atoms with Gasteiger partial charge in [-0.3, -0.25) is 14.5 Å². The smallest absolute Gasteiger partial charge is 0.331 e. The highest BCUT2D eigenvalue weighted by Gasteiger charge is 2.34. The predicted molar refractivity (Wildman–Crippen MR) is 156 cm³/mol. The van der Waals surface area contributed by atoms with Crippen LogP contribution in [0.2, 0.25) is 5.02 Å². The highest BCUT2D eigenvalue weighted by molar-refractivity contribution is 7.21. The van der Waals surface area contributed by atoms with Crippen molar-refractivity contribution in [2.45, 2.75) is 18.9 Å². The summed E-state index contributed by atoms with van der Waals surface area (Å²) in [7, 11) is 0. The third kappa shape index (κ3) is 4.76. The van der Waals surface area contributed by atoms with Crippen LogP contribution >= 0.6 is 22.9 Å². The van der Waals surface area contributed by atoms with Crippen LogP contribution in [0, 0.1) is 0 Å². The minimum absolute atomic E-state index is 0.156. The van der Waals surface area contributed by atoms with Gasteiger partial charge in [-0.15, -0.1) is 11.3 Å². The largest absolute Gasteiger partial charge is 0.456 e. The Morgan fingerprint density at radius 2 is 2.02 bits per heavy atom. The molecule has 4 heterocycles. The predicted octanol–water partition coefficient (Wildman–Crippen LogP) is 6.33. The number of hydrogen-bond donors (Lipinski definition) is 2. The summed E-state index contributed by atoms with van der Waals surface area (Å²) >= 11 is 7.76. The van der Waals surface area contributed by atoms with E-state index in [2.05, 4.69) is 22.2 Å². The van der Waals surface area contributed by atoms with Crippen molar-refractivity contribution >= 4 is 68.1 Å². The van der Waals surface area contributed by atoms with Crippen molar-refractivity contribution in [3.05, 3.63) is 83.3 Å². The average Bonchev–Trinajstić information content (AvgIpc) is 3.34. The second-order valence-corrected chi connectivity index (χ2v) is 10.8. The number of urea groups is 1. The molecule has 2 aromatic heterocycles. The number of para-hydroxylation sites is 1. The maximum atomic E-state index is 13.4. The van der Waals surface area contributed by atoms with Crippen LogP contribution in [0.3, 0.4) is 0 Å². The minimum Gasteiger partial charge on any atom is -0.456 e. The molecule has 2 aliphatic rings. The Kier molecular flexibility index (Phi) is 6.87. The molecule has 6 rings (SSSR count). The average molecular weight is 574 g/mol. The quantitative estimate of drug-likeness (QED) is 0.262. The first-order valence-electron chi connectivity index (χ1n) is 12.7. The number of rotatable bonds is 6. The summed E-state index contributed by atoms with van der Waals surface area (Å²) < 4.78 is 5.88. The molecule has 0 spiro atoms. The molecule has 0 bridgehead atoms. The summed E-state index contributed by atoms with van der Waals surface area (Å²) in [4.78, 5) is 47.5. The molecule has 40 heavy (non-hydrogen) atoms. The summed E-state index contributed by atoms with van der Waals surface area (Å²) in [5.41, 5.74) is 1.55. The van der Waals surface area contributed by atoms with E-state index in [1.54, 1.807) is 35.4 Å². The van der Waals surface area contributed by atoms with Gasteiger partial charge in [-0.2, -0.15) is 0 Å². The Morgan fingerprint density at radius 3 is 2.80 bits per heavy atom. The third-order valence-corrected chi connectivity index (χ3v) is 8.23. The zero-order valence-electron chi connectivity index (χ0n) is 21.2. The van der Waals surface area contributed by atoms with Gasteiger partial charge >= 0.3 is 6.03 Å². The molecule has 2 N–H and O–H groups in total. The van der Waals surface area contributed by atoms with Gasteiger partial charge in [0.15, 0.2) is 0 Å². The standard InChI is InChI=1S/C29H24ClN5O4S/c1-2-23(36)34-14-6-7-17(16-34)32-27(37)26-25-24-21(12-13-31-28(24)40-26)35(29(38)33-25)18-10-11-22(20(30)15-18)39-19-8-4-3-5-9-19/h2-5,8-13,15,17H,1,6-7,14,16H2,(H,32,37)(H,33,38). The molecule has 1 fully saturated rings. The van der Waals surface area contributed by atoms with E-state index in [0.29, 0.717) is 61.8 Å². The normalized spacial score (nSPS) is 16.4. The van der Waals surface area contributed by atoms with Gasteiger partial charge < -0.3 is 20.3 Å². The van der Waals surface area contributed by atoms with Crippen LogP contribution in [-0.4, -0.2) is 46.9 Å². The van der Waals surface area contributed by atoms with E-state index in [1.165, 1.54) is 22.3 Å². The van der Waals surface area contributed by atoms with Crippen LogP contribution in [-0.2, 0) is 4.79 Å². The molecule has 2 aliphatic heterocycles. The van der Waals surface area contributed by atoms with E-state index >= 15 is 0 Å². The van der Waals surface area contributed by atoms with Crippen molar-refractivity contribution in [2.24, 2.45) is 0 Å². The Labute approximate surface area is 239 Å². The van der Waals surface area contributed by atoms with Gasteiger partial charge in [-0.25, -0.2) is 9.78 Å². The van der Waals surface area contributed by atoms with Crippen LogP contribution in [0.1, 0.15) is 22.5 Å². The van der Waals surface area contributed by atoms with E-state index < -0.39 is 6.03 Å². The van der Waals surface area contributed by atoms with E-state index in [-0.39, 0.29) is 17.9 Å². The molecule has 4 aromatic rings. The Morgan fingerprint density at radius 1 is 1.20 bits per heavy atom. The molecule has 202 valence electrons. The Hall–Kier alpha value is -4.41. The van der Waals surface area contributed by atoms with Gasteiger partial charge in [0.2, 0.25) is 5.91 Å². The first-order chi connectivity index (χ1) is 19.4. The van der Waals surface area contributed by atoms with Crippen LogP contribution in [0.15, 0.2) is 73.4 Å². The fraction of sp³-hybridized carbons (Fsp3) is 0.172. The van der Waals surface area contributed by atoms with Gasteiger partial charge in [-0.05, 0) is 55.3 Å². The third-order valence-electron chi connectivity index (χ3n) is 6.84. The van der Waals surface area contributed by atoms with E-state index in [4.69, 9.17) is 16.3 Å². The number of piperidine rings is 1. The number of nitrogens with zero attached hydrogens (tertiary/aromatic N) is 3. The van der Waals surface area contributed by atoms with Crippen molar-refractivity contribution in [1.82, 2.24) is 15.2 Å². The molecule has 1 atom stereocenters. The van der Waals surface area contributed by atoms with Crippen LogP contribution in [0.4, 0.5) is 21.9 Å². The number of halogens is 1. The zero-order valence-corrected chi connectivity index (χ0v) is 22.8. The number of pyridine rings is 1. The van der Waals surface area contributed by atoms with Crippen molar-refractivity contribution in [3.63, 3.8) is 0 Å². The Bertz CT molecular complexity index is 1660. The zero-order chi connectivity index (χ0) is 27.8. The van der Waals surface area contributed by atoms with Crippen molar-refractivity contribution in [3.8, 4) is 11.5 Å². The minimum atomic E-state index is -0.430. The van der Waals surface area contributed by atoms with E-state index in [9.17, 15) is 14.4 Å². The maximum Gasteiger partial charge on any atom is 0.331 e. The van der Waals surface area contributed by atoms with Gasteiger partial charge in [0.05, 0.1) is 27.5 Å². The lowest BCUT2D eigenvalue weighted by atomic mass is 10.1. The molecule has 0 saturated carbocycles. The number of nitrogens with one attached hydrogen (secondary N) is 2. The summed E-state index contributed by atoms with van der Waals surface area (Å²) in [6.45, 7) is 4.59. The summed E-state index contributed by atoms with van der Waals surface area (Å²) in [6.07, 6.45) is 4.42. The Balaban J connectivity index is 1.29. The molecule has 2 aromatic carbocycles. The molecule has 1 unspecified atom stereocenters. The molecular formula is C29H24ClN5O4S. The van der Waals surface area contributed by atoms with Gasteiger partial charge in [0.1, 0.15) is 21.2 Å². The number of carbonyl (C=O) groups is 3. The number of ether oxygens (including phenoxy) is 1.